The zero-order valence-electron chi connectivity index (χ0n) is 21.4. The normalized spacial score (nSPS) is 23.5. The van der Waals surface area contributed by atoms with E-state index in [1.54, 1.807) is 31.4 Å². The maximum absolute atomic E-state index is 13.8. The summed E-state index contributed by atoms with van der Waals surface area (Å²) in [5.41, 5.74) is 3.20. The second-order valence-corrected chi connectivity index (χ2v) is 10.3. The maximum Gasteiger partial charge on any atom is 0.336 e. The summed E-state index contributed by atoms with van der Waals surface area (Å²) >= 11 is 0. The largest absolute Gasteiger partial charge is 0.469 e. The van der Waals surface area contributed by atoms with E-state index in [4.69, 9.17) is 18.3 Å². The van der Waals surface area contributed by atoms with Crippen molar-refractivity contribution in [2.45, 2.75) is 57.5 Å². The summed E-state index contributed by atoms with van der Waals surface area (Å²) in [5.74, 6) is -1.04. The number of furan rings is 1. The molecule has 196 valence electrons. The molecule has 4 heterocycles. The number of esters is 1. The van der Waals surface area contributed by atoms with Crippen LogP contribution in [0.2, 0.25) is 0 Å². The number of nitrogens with one attached hydrogen (secondary N) is 1. The van der Waals surface area contributed by atoms with Crippen LogP contribution >= 0.6 is 0 Å². The SMILES string of the molecule is CC1=C(C(=O)OCC2CCCO2)C(c2coc3ccc(C)cc3c2=O)C2=C(CC(c3ccco3)CC2=O)N1. The minimum atomic E-state index is -0.908. The number of hydrogen-bond donors (Lipinski definition) is 1. The van der Waals surface area contributed by atoms with E-state index in [1.165, 1.54) is 6.26 Å². The summed E-state index contributed by atoms with van der Waals surface area (Å²) in [6, 6.07) is 9.05. The van der Waals surface area contributed by atoms with E-state index >= 15 is 0 Å². The molecule has 1 N–H and O–H groups in total. The molecule has 1 aromatic carbocycles. The van der Waals surface area contributed by atoms with Crippen molar-refractivity contribution >= 4 is 22.7 Å². The van der Waals surface area contributed by atoms with Crippen molar-refractivity contribution in [3.8, 4) is 0 Å². The number of benzene rings is 1. The number of carbonyl (C=O) groups excluding carboxylic acids is 2. The van der Waals surface area contributed by atoms with Crippen LogP contribution in [0.3, 0.4) is 0 Å². The average molecular weight is 516 g/mol. The van der Waals surface area contributed by atoms with E-state index in [2.05, 4.69) is 5.32 Å². The Kier molecular flexibility index (Phi) is 6.27. The molecule has 0 bridgehead atoms. The molecular weight excluding hydrogens is 486 g/mol. The maximum atomic E-state index is 13.8. The van der Waals surface area contributed by atoms with Gasteiger partial charge in [-0.1, -0.05) is 11.6 Å². The van der Waals surface area contributed by atoms with Gasteiger partial charge in [-0.05, 0) is 57.4 Å². The number of aryl methyl sites for hydroxylation is 1. The van der Waals surface area contributed by atoms with E-state index in [9.17, 15) is 14.4 Å². The first kappa shape index (κ1) is 24.4. The predicted octanol–water partition coefficient (Wildman–Crippen LogP) is 4.78. The van der Waals surface area contributed by atoms with Gasteiger partial charge in [-0.25, -0.2) is 4.79 Å². The number of ketones is 1. The number of fused-ring (bicyclic) bond motifs is 1. The smallest absolute Gasteiger partial charge is 0.336 e. The molecular formula is C30H29NO7. The minimum Gasteiger partial charge on any atom is -0.469 e. The summed E-state index contributed by atoms with van der Waals surface area (Å²) in [6.45, 7) is 4.43. The Labute approximate surface area is 219 Å². The second kappa shape index (κ2) is 9.76. The topological polar surface area (TPSA) is 108 Å². The summed E-state index contributed by atoms with van der Waals surface area (Å²) in [7, 11) is 0. The zero-order chi connectivity index (χ0) is 26.4. The summed E-state index contributed by atoms with van der Waals surface area (Å²) in [5, 5.41) is 3.70. The van der Waals surface area contributed by atoms with Crippen molar-refractivity contribution in [3.63, 3.8) is 0 Å². The Morgan fingerprint density at radius 1 is 1.13 bits per heavy atom. The van der Waals surface area contributed by atoms with E-state index in [-0.39, 0.29) is 47.4 Å². The van der Waals surface area contributed by atoms with Crippen molar-refractivity contribution in [2.75, 3.05) is 13.2 Å². The first-order valence-corrected chi connectivity index (χ1v) is 13.0. The number of carbonyl (C=O) groups is 2. The second-order valence-electron chi connectivity index (χ2n) is 10.3. The van der Waals surface area contributed by atoms with Crippen LogP contribution in [0.4, 0.5) is 0 Å². The van der Waals surface area contributed by atoms with Crippen molar-refractivity contribution in [1.29, 1.82) is 0 Å². The molecule has 38 heavy (non-hydrogen) atoms. The molecule has 3 atom stereocenters. The Balaban J connectivity index is 1.45. The lowest BCUT2D eigenvalue weighted by atomic mass is 9.72. The van der Waals surface area contributed by atoms with Crippen LogP contribution in [-0.4, -0.2) is 31.1 Å². The monoisotopic (exact) mass is 515 g/mol. The zero-order valence-corrected chi connectivity index (χ0v) is 21.4. The van der Waals surface area contributed by atoms with Gasteiger partial charge in [0.2, 0.25) is 0 Å². The first-order valence-electron chi connectivity index (χ1n) is 13.0. The summed E-state index contributed by atoms with van der Waals surface area (Å²) in [4.78, 5) is 41.1. The van der Waals surface area contributed by atoms with Gasteiger partial charge in [0.15, 0.2) is 11.2 Å². The minimum absolute atomic E-state index is 0.119. The lowest BCUT2D eigenvalue weighted by Crippen LogP contribution is -2.37. The molecule has 1 saturated heterocycles. The van der Waals surface area contributed by atoms with E-state index < -0.39 is 11.9 Å². The number of ether oxygens (including phenoxy) is 2. The number of dihydropyridines is 1. The Morgan fingerprint density at radius 3 is 2.76 bits per heavy atom. The standard InChI is InChI=1S/C30H29NO7/c1-16-7-8-25-20(11-16)29(33)21(15-37-25)27-26(30(34)38-14-19-5-3-9-35-19)17(2)31-22-12-18(13-23(32)28(22)27)24-6-4-10-36-24/h4,6-8,10-11,15,18-19,27,31H,3,5,9,12-14H2,1-2H3. The fraction of sp³-hybridized carbons (Fsp3) is 0.367. The van der Waals surface area contributed by atoms with Crippen LogP contribution in [0.1, 0.15) is 61.3 Å². The number of Topliss-reactive ketones (excluding diaryl/α,β-unsaturated/α-hetero) is 1. The third-order valence-corrected chi connectivity index (χ3v) is 7.68. The Hall–Kier alpha value is -3.91. The van der Waals surface area contributed by atoms with Crippen LogP contribution in [0.5, 0.6) is 0 Å². The molecule has 1 aliphatic carbocycles. The van der Waals surface area contributed by atoms with E-state index in [0.29, 0.717) is 41.0 Å². The Morgan fingerprint density at radius 2 is 2.00 bits per heavy atom. The molecule has 0 saturated carbocycles. The molecule has 8 nitrogen and oxygen atoms in total. The van der Waals surface area contributed by atoms with Gasteiger partial charge in [0.25, 0.3) is 0 Å². The van der Waals surface area contributed by atoms with Gasteiger partial charge < -0.3 is 23.6 Å². The van der Waals surface area contributed by atoms with Crippen LogP contribution in [-0.2, 0) is 19.1 Å². The average Bonchev–Trinajstić information content (AvgIpc) is 3.62. The fourth-order valence-electron chi connectivity index (χ4n) is 5.83. The molecule has 3 aromatic rings. The molecule has 3 aliphatic rings. The molecule has 2 aromatic heterocycles. The van der Waals surface area contributed by atoms with Crippen LogP contribution < -0.4 is 10.7 Å². The lowest BCUT2D eigenvalue weighted by molar-refractivity contribution is -0.142. The van der Waals surface area contributed by atoms with Gasteiger partial charge in [0.05, 0.1) is 35.5 Å². The number of rotatable bonds is 5. The Bertz CT molecular complexity index is 1540. The van der Waals surface area contributed by atoms with E-state index in [0.717, 1.165) is 24.2 Å². The molecule has 8 heteroatoms. The summed E-state index contributed by atoms with van der Waals surface area (Å²) in [6.07, 6.45) is 5.29. The summed E-state index contributed by atoms with van der Waals surface area (Å²) < 4.78 is 22.8. The van der Waals surface area contributed by atoms with E-state index in [1.807, 2.05) is 19.1 Å². The third-order valence-electron chi connectivity index (χ3n) is 7.68. The predicted molar refractivity (Wildman–Crippen MR) is 138 cm³/mol. The molecule has 0 spiro atoms. The van der Waals surface area contributed by atoms with Crippen LogP contribution in [0.25, 0.3) is 11.0 Å². The highest BCUT2D eigenvalue weighted by atomic mass is 16.6. The quantitative estimate of drug-likeness (QED) is 0.484. The highest BCUT2D eigenvalue weighted by Crippen LogP contribution is 2.45. The lowest BCUT2D eigenvalue weighted by Gasteiger charge is -2.35. The van der Waals surface area contributed by atoms with Crippen LogP contribution in [0, 0.1) is 6.92 Å². The molecule has 3 unspecified atom stereocenters. The van der Waals surface area contributed by atoms with Gasteiger partial charge in [-0.3, -0.25) is 9.59 Å². The van der Waals surface area contributed by atoms with Crippen molar-refractivity contribution in [2.24, 2.45) is 0 Å². The molecule has 6 rings (SSSR count). The van der Waals surface area contributed by atoms with Gasteiger partial charge in [-0.2, -0.15) is 0 Å². The van der Waals surface area contributed by atoms with Gasteiger partial charge >= 0.3 is 5.97 Å². The molecule has 2 aliphatic heterocycles. The van der Waals surface area contributed by atoms with Crippen molar-refractivity contribution in [3.05, 3.63) is 92.5 Å². The van der Waals surface area contributed by atoms with Gasteiger partial charge in [-0.15, -0.1) is 0 Å². The van der Waals surface area contributed by atoms with Crippen LogP contribution in [0.15, 0.2) is 79.0 Å². The number of allylic oxidation sites excluding steroid dienone is 3. The van der Waals surface area contributed by atoms with Gasteiger partial charge in [0, 0.05) is 41.5 Å². The highest BCUT2D eigenvalue weighted by molar-refractivity contribution is 6.04. The number of hydrogen-bond acceptors (Lipinski definition) is 8. The fourth-order valence-corrected chi connectivity index (χ4v) is 5.83. The van der Waals surface area contributed by atoms with Gasteiger partial charge in [0.1, 0.15) is 18.0 Å². The first-order chi connectivity index (χ1) is 18.4. The molecule has 0 radical (unpaired) electrons. The molecule has 1 fully saturated rings. The van der Waals surface area contributed by atoms with Crippen molar-refractivity contribution < 1.29 is 27.9 Å². The third kappa shape index (κ3) is 4.28. The highest BCUT2D eigenvalue weighted by Gasteiger charge is 2.43. The van der Waals surface area contributed by atoms with Crippen molar-refractivity contribution in [1.82, 2.24) is 5.32 Å². The molecule has 0 amide bonds.